The van der Waals surface area contributed by atoms with Crippen LogP contribution < -0.4 is 10.1 Å². The van der Waals surface area contributed by atoms with E-state index in [1.165, 1.54) is 37.0 Å². The number of anilines is 1. The van der Waals surface area contributed by atoms with Crippen molar-refractivity contribution in [2.45, 2.75) is 13.0 Å². The Morgan fingerprint density at radius 3 is 2.67 bits per heavy atom. The molecule has 0 atom stereocenters. The number of imidazole rings is 1. The molecule has 0 fully saturated rings. The molecule has 0 aliphatic carbocycles. The summed E-state index contributed by atoms with van der Waals surface area (Å²) in [7, 11) is 2.79. The van der Waals surface area contributed by atoms with Gasteiger partial charge < -0.3 is 15.0 Å². The monoisotopic (exact) mass is 492 g/mol. The molecule has 8 nitrogen and oxygen atoms in total. The molecule has 1 aliphatic rings. The average molecular weight is 492 g/mol. The van der Waals surface area contributed by atoms with Crippen LogP contribution in [-0.4, -0.2) is 45.9 Å². The lowest BCUT2D eigenvalue weighted by molar-refractivity contribution is 0.0818. The van der Waals surface area contributed by atoms with Crippen molar-refractivity contribution in [2.24, 2.45) is 0 Å². The number of amides is 1. The molecule has 1 aliphatic heterocycles. The molecule has 0 saturated carbocycles. The smallest absolute Gasteiger partial charge is 0.259 e. The van der Waals surface area contributed by atoms with Crippen molar-refractivity contribution in [1.82, 2.24) is 19.3 Å². The normalized spacial score (nSPS) is 12.2. The Kier molecular flexibility index (Phi) is 5.72. The standard InChI is InChI=1S/C25H19F3N6O2/c1-33(2)24(35)22-19(27)7-13(8-20(22)28)16-10-30-25(34-12-14(9-29)32-23(16)34)31-11-17-15-5-6-36-21(15)4-3-18(17)26/h3-4,7-8,10,12H,5-6,11H2,1-2H3,(H,30,31). The van der Waals surface area contributed by atoms with Crippen molar-refractivity contribution in [3.05, 3.63) is 76.5 Å². The molecule has 5 rings (SSSR count). The van der Waals surface area contributed by atoms with Crippen molar-refractivity contribution < 1.29 is 22.7 Å². The quantitative estimate of drug-likeness (QED) is 0.454. The van der Waals surface area contributed by atoms with Crippen LogP contribution in [0.5, 0.6) is 5.75 Å². The van der Waals surface area contributed by atoms with E-state index in [-0.39, 0.29) is 40.8 Å². The number of hydrogen-bond acceptors (Lipinski definition) is 6. The van der Waals surface area contributed by atoms with E-state index < -0.39 is 23.1 Å². The molecule has 0 bridgehead atoms. The summed E-state index contributed by atoms with van der Waals surface area (Å²) in [5, 5.41) is 12.4. The molecule has 4 aromatic rings. The Morgan fingerprint density at radius 2 is 1.97 bits per heavy atom. The van der Waals surface area contributed by atoms with E-state index in [4.69, 9.17) is 4.74 Å². The third-order valence-electron chi connectivity index (χ3n) is 5.94. The first-order chi connectivity index (χ1) is 17.3. The molecule has 11 heteroatoms. The maximum absolute atomic E-state index is 14.8. The predicted octanol–water partition coefficient (Wildman–Crippen LogP) is 3.93. The SMILES string of the molecule is CN(C)C(=O)c1c(F)cc(-c2cnc(NCc3c(F)ccc4c3CCO4)n3cc(C#N)nc23)cc1F. The van der Waals surface area contributed by atoms with Gasteiger partial charge in [-0.2, -0.15) is 5.26 Å². The maximum Gasteiger partial charge on any atom is 0.259 e. The van der Waals surface area contributed by atoms with Gasteiger partial charge in [0.1, 0.15) is 34.8 Å². The Hall–Kier alpha value is -4.59. The molecule has 1 N–H and O–H groups in total. The molecular weight excluding hydrogens is 473 g/mol. The first-order valence-electron chi connectivity index (χ1n) is 10.9. The zero-order chi connectivity index (χ0) is 25.6. The minimum absolute atomic E-state index is 0.0489. The Bertz CT molecular complexity index is 1550. The fourth-order valence-corrected chi connectivity index (χ4v) is 4.20. The first-order valence-corrected chi connectivity index (χ1v) is 10.9. The summed E-state index contributed by atoms with van der Waals surface area (Å²) in [4.78, 5) is 21.8. The highest BCUT2D eigenvalue weighted by atomic mass is 19.1. The van der Waals surface area contributed by atoms with Crippen LogP contribution in [0, 0.1) is 28.8 Å². The van der Waals surface area contributed by atoms with Crippen molar-refractivity contribution in [3.63, 3.8) is 0 Å². The summed E-state index contributed by atoms with van der Waals surface area (Å²) in [5.41, 5.74) is 1.12. The summed E-state index contributed by atoms with van der Waals surface area (Å²) in [6, 6.07) is 6.91. The molecule has 0 spiro atoms. The molecule has 182 valence electrons. The van der Waals surface area contributed by atoms with E-state index >= 15 is 0 Å². The highest BCUT2D eigenvalue weighted by Gasteiger charge is 2.23. The number of benzene rings is 2. The van der Waals surface area contributed by atoms with E-state index in [9.17, 15) is 23.2 Å². The number of nitrogens with zero attached hydrogens (tertiary/aromatic N) is 5. The van der Waals surface area contributed by atoms with Crippen LogP contribution >= 0.6 is 0 Å². The van der Waals surface area contributed by atoms with Gasteiger partial charge in [-0.3, -0.25) is 9.20 Å². The van der Waals surface area contributed by atoms with Gasteiger partial charge >= 0.3 is 0 Å². The number of ether oxygens (including phenoxy) is 1. The Labute approximate surface area is 203 Å². The van der Waals surface area contributed by atoms with Crippen LogP contribution in [0.15, 0.2) is 36.7 Å². The molecule has 0 unspecified atom stereocenters. The van der Waals surface area contributed by atoms with E-state index in [1.54, 1.807) is 6.07 Å². The molecule has 1 amide bonds. The van der Waals surface area contributed by atoms with Gasteiger partial charge in [0.05, 0.1) is 12.8 Å². The van der Waals surface area contributed by atoms with Crippen LogP contribution in [-0.2, 0) is 13.0 Å². The number of nitriles is 1. The maximum atomic E-state index is 14.8. The van der Waals surface area contributed by atoms with Crippen LogP contribution in [0.25, 0.3) is 16.8 Å². The number of carbonyl (C=O) groups is 1. The van der Waals surface area contributed by atoms with Crippen LogP contribution in [0.2, 0.25) is 0 Å². The van der Waals surface area contributed by atoms with E-state index in [0.29, 0.717) is 24.3 Å². The van der Waals surface area contributed by atoms with Gasteiger partial charge in [-0.25, -0.2) is 23.1 Å². The van der Waals surface area contributed by atoms with Crippen molar-refractivity contribution in [3.8, 4) is 22.9 Å². The average Bonchev–Trinajstić information content (AvgIpc) is 3.50. The summed E-state index contributed by atoms with van der Waals surface area (Å²) in [5.74, 6) is -2.38. The molecular formula is C25H19F3N6O2. The first kappa shape index (κ1) is 23.2. The highest BCUT2D eigenvalue weighted by molar-refractivity contribution is 5.95. The fourth-order valence-electron chi connectivity index (χ4n) is 4.20. The molecule has 2 aromatic heterocycles. The van der Waals surface area contributed by atoms with E-state index in [2.05, 4.69) is 15.3 Å². The topological polar surface area (TPSA) is 95.5 Å². The van der Waals surface area contributed by atoms with Crippen molar-refractivity contribution >= 4 is 17.5 Å². The second-order valence-electron chi connectivity index (χ2n) is 8.40. The van der Waals surface area contributed by atoms with Crippen LogP contribution in [0.1, 0.15) is 27.2 Å². The van der Waals surface area contributed by atoms with Gasteiger partial charge in [0.25, 0.3) is 5.91 Å². The third-order valence-corrected chi connectivity index (χ3v) is 5.94. The van der Waals surface area contributed by atoms with Gasteiger partial charge in [0, 0.05) is 49.9 Å². The Balaban J connectivity index is 1.55. The largest absolute Gasteiger partial charge is 0.493 e. The number of rotatable bonds is 5. The lowest BCUT2D eigenvalue weighted by Gasteiger charge is -2.14. The van der Waals surface area contributed by atoms with E-state index in [0.717, 1.165) is 22.6 Å². The molecule has 36 heavy (non-hydrogen) atoms. The second kappa shape index (κ2) is 8.88. The minimum Gasteiger partial charge on any atom is -0.493 e. The molecule has 0 radical (unpaired) electrons. The van der Waals surface area contributed by atoms with E-state index in [1.807, 2.05) is 6.07 Å². The summed E-state index contributed by atoms with van der Waals surface area (Å²) >= 11 is 0. The van der Waals surface area contributed by atoms with Crippen molar-refractivity contribution in [2.75, 3.05) is 26.0 Å². The molecule has 0 saturated heterocycles. The number of carbonyl (C=O) groups excluding carboxylic acids is 1. The number of hydrogen-bond donors (Lipinski definition) is 1. The lowest BCUT2D eigenvalue weighted by Crippen LogP contribution is -2.24. The summed E-state index contributed by atoms with van der Waals surface area (Å²) in [6.07, 6.45) is 3.35. The summed E-state index contributed by atoms with van der Waals surface area (Å²) in [6.45, 7) is 0.562. The minimum atomic E-state index is -1.04. The predicted molar refractivity (Wildman–Crippen MR) is 124 cm³/mol. The fraction of sp³-hybridized carbons (Fsp3) is 0.200. The summed E-state index contributed by atoms with van der Waals surface area (Å²) < 4.78 is 51.0. The number of fused-ring (bicyclic) bond motifs is 2. The number of nitrogens with one attached hydrogen (secondary N) is 1. The number of halogens is 3. The molecule has 3 heterocycles. The van der Waals surface area contributed by atoms with Gasteiger partial charge in [0.15, 0.2) is 11.3 Å². The van der Waals surface area contributed by atoms with Gasteiger partial charge in [-0.1, -0.05) is 0 Å². The highest BCUT2D eigenvalue weighted by Crippen LogP contribution is 2.32. The Morgan fingerprint density at radius 1 is 1.22 bits per heavy atom. The molecule has 2 aromatic carbocycles. The van der Waals surface area contributed by atoms with Gasteiger partial charge in [-0.15, -0.1) is 0 Å². The van der Waals surface area contributed by atoms with Crippen LogP contribution in [0.3, 0.4) is 0 Å². The zero-order valence-electron chi connectivity index (χ0n) is 19.3. The second-order valence-corrected chi connectivity index (χ2v) is 8.40. The number of aromatic nitrogens is 3. The lowest BCUT2D eigenvalue weighted by atomic mass is 10.0. The van der Waals surface area contributed by atoms with Gasteiger partial charge in [-0.05, 0) is 29.8 Å². The van der Waals surface area contributed by atoms with Crippen LogP contribution in [0.4, 0.5) is 19.1 Å². The third kappa shape index (κ3) is 3.86. The van der Waals surface area contributed by atoms with Gasteiger partial charge in [0.2, 0.25) is 5.95 Å². The zero-order valence-corrected chi connectivity index (χ0v) is 19.3. The van der Waals surface area contributed by atoms with Crippen molar-refractivity contribution in [1.29, 1.82) is 5.26 Å².